The summed E-state index contributed by atoms with van der Waals surface area (Å²) in [6.45, 7) is 10.8. The summed E-state index contributed by atoms with van der Waals surface area (Å²) in [6, 6.07) is 0. The fourth-order valence-electron chi connectivity index (χ4n) is 1.09. The summed E-state index contributed by atoms with van der Waals surface area (Å²) >= 11 is 0. The van der Waals surface area contributed by atoms with Crippen molar-refractivity contribution in [2.24, 2.45) is 0 Å². The van der Waals surface area contributed by atoms with Crippen LogP contribution < -0.4 is 0 Å². The lowest BCUT2D eigenvalue weighted by molar-refractivity contribution is 0.867. The second-order valence-corrected chi connectivity index (χ2v) is 9.76. The van der Waals surface area contributed by atoms with E-state index in [0.717, 1.165) is 12.8 Å². The number of rotatable bonds is 7. The second kappa shape index (κ2) is 7.81. The molecule has 0 fully saturated rings. The van der Waals surface area contributed by atoms with Gasteiger partial charge in [0.25, 0.3) is 0 Å². The van der Waals surface area contributed by atoms with Crippen molar-refractivity contribution in [2.75, 3.05) is 0 Å². The quantitative estimate of drug-likeness (QED) is 0.322. The second-order valence-electron chi connectivity index (χ2n) is 4.70. The lowest BCUT2D eigenvalue weighted by atomic mass is 10.2. The lowest BCUT2D eigenvalue weighted by Gasteiger charge is -2.07. The van der Waals surface area contributed by atoms with Crippen LogP contribution in [0.4, 0.5) is 0 Å². The maximum Gasteiger partial charge on any atom is 0.0683 e. The summed E-state index contributed by atoms with van der Waals surface area (Å²) in [5, 5.41) is 0. The van der Waals surface area contributed by atoms with E-state index < -0.39 is 8.07 Å². The molecule has 0 heterocycles. The highest BCUT2D eigenvalue weighted by Crippen LogP contribution is 2.03. The molecule has 0 spiro atoms. The van der Waals surface area contributed by atoms with Gasteiger partial charge in [-0.3, -0.25) is 0 Å². The SMILES string of the molecule is C=CCCC/C=C/C/C=C\[Si](C)(C)C. The highest BCUT2D eigenvalue weighted by atomic mass is 28.3. The Morgan fingerprint density at radius 2 is 1.71 bits per heavy atom. The van der Waals surface area contributed by atoms with E-state index >= 15 is 0 Å². The van der Waals surface area contributed by atoms with Gasteiger partial charge in [-0.05, 0) is 25.7 Å². The highest BCUT2D eigenvalue weighted by molar-refractivity contribution is 6.80. The predicted octanol–water partition coefficient (Wildman–Crippen LogP) is 4.72. The zero-order valence-electron chi connectivity index (χ0n) is 9.92. The van der Waals surface area contributed by atoms with Crippen LogP contribution in [-0.4, -0.2) is 8.07 Å². The number of hydrogen-bond acceptors (Lipinski definition) is 0. The molecular formula is C13H24Si. The Morgan fingerprint density at radius 1 is 1.00 bits per heavy atom. The van der Waals surface area contributed by atoms with E-state index in [-0.39, 0.29) is 0 Å². The average molecular weight is 208 g/mol. The Kier molecular flexibility index (Phi) is 7.49. The third-order valence-corrected chi connectivity index (χ3v) is 3.07. The van der Waals surface area contributed by atoms with E-state index in [1.54, 1.807) is 0 Å². The molecule has 0 bridgehead atoms. The van der Waals surface area contributed by atoms with Gasteiger partial charge in [-0.1, -0.05) is 49.6 Å². The first kappa shape index (κ1) is 13.4. The van der Waals surface area contributed by atoms with E-state index in [1.165, 1.54) is 12.8 Å². The molecule has 0 rings (SSSR count). The van der Waals surface area contributed by atoms with Crippen LogP contribution in [0.15, 0.2) is 36.6 Å². The molecular weight excluding hydrogens is 184 g/mol. The molecule has 1 heteroatoms. The minimum Gasteiger partial charge on any atom is -0.103 e. The molecule has 0 aliphatic carbocycles. The van der Waals surface area contributed by atoms with Gasteiger partial charge in [0, 0.05) is 0 Å². The molecule has 0 saturated heterocycles. The van der Waals surface area contributed by atoms with E-state index in [9.17, 15) is 0 Å². The van der Waals surface area contributed by atoms with Crippen LogP contribution in [0.2, 0.25) is 19.6 Å². The molecule has 80 valence electrons. The summed E-state index contributed by atoms with van der Waals surface area (Å²) in [7, 11) is -0.966. The molecule has 0 aromatic carbocycles. The molecule has 0 nitrogen and oxygen atoms in total. The van der Waals surface area contributed by atoms with Crippen molar-refractivity contribution in [3.8, 4) is 0 Å². The number of unbranched alkanes of at least 4 members (excludes halogenated alkanes) is 2. The summed E-state index contributed by atoms with van der Waals surface area (Å²) in [4.78, 5) is 0. The first-order valence-corrected chi connectivity index (χ1v) is 9.07. The lowest BCUT2D eigenvalue weighted by Crippen LogP contribution is -2.15. The van der Waals surface area contributed by atoms with Gasteiger partial charge in [-0.15, -0.1) is 6.58 Å². The number of hydrogen-bond donors (Lipinski definition) is 0. The molecule has 0 atom stereocenters. The van der Waals surface area contributed by atoms with Gasteiger partial charge in [-0.25, -0.2) is 0 Å². The van der Waals surface area contributed by atoms with Crippen molar-refractivity contribution in [1.82, 2.24) is 0 Å². The van der Waals surface area contributed by atoms with Crippen molar-refractivity contribution in [1.29, 1.82) is 0 Å². The largest absolute Gasteiger partial charge is 0.103 e. The van der Waals surface area contributed by atoms with Crippen LogP contribution in [0, 0.1) is 0 Å². The van der Waals surface area contributed by atoms with E-state index in [1.807, 2.05) is 6.08 Å². The van der Waals surface area contributed by atoms with Crippen LogP contribution in [0.5, 0.6) is 0 Å². The van der Waals surface area contributed by atoms with Crippen LogP contribution in [0.3, 0.4) is 0 Å². The van der Waals surface area contributed by atoms with Crippen LogP contribution in [0.1, 0.15) is 25.7 Å². The summed E-state index contributed by atoms with van der Waals surface area (Å²) in [6.07, 6.45) is 13.5. The Bertz CT molecular complexity index is 194. The Hall–Kier alpha value is -0.563. The van der Waals surface area contributed by atoms with E-state index in [2.05, 4.69) is 50.1 Å². The fraction of sp³-hybridized carbons (Fsp3) is 0.538. The van der Waals surface area contributed by atoms with Gasteiger partial charge in [0.15, 0.2) is 0 Å². The Morgan fingerprint density at radius 3 is 2.29 bits per heavy atom. The van der Waals surface area contributed by atoms with Crippen molar-refractivity contribution in [2.45, 2.75) is 45.3 Å². The van der Waals surface area contributed by atoms with Crippen molar-refractivity contribution in [3.05, 3.63) is 36.6 Å². The van der Waals surface area contributed by atoms with Crippen LogP contribution in [-0.2, 0) is 0 Å². The van der Waals surface area contributed by atoms with Gasteiger partial charge in [0.2, 0.25) is 0 Å². The van der Waals surface area contributed by atoms with Crippen LogP contribution in [0.25, 0.3) is 0 Å². The Balaban J connectivity index is 3.44. The van der Waals surface area contributed by atoms with Crippen LogP contribution >= 0.6 is 0 Å². The van der Waals surface area contributed by atoms with E-state index in [4.69, 9.17) is 0 Å². The molecule has 0 aromatic rings. The molecule has 0 N–H and O–H groups in total. The first-order valence-electron chi connectivity index (χ1n) is 5.50. The van der Waals surface area contributed by atoms with Gasteiger partial charge < -0.3 is 0 Å². The van der Waals surface area contributed by atoms with Gasteiger partial charge in [0.1, 0.15) is 0 Å². The summed E-state index contributed by atoms with van der Waals surface area (Å²) < 4.78 is 0. The van der Waals surface area contributed by atoms with E-state index in [0.29, 0.717) is 0 Å². The smallest absolute Gasteiger partial charge is 0.0683 e. The molecule has 0 aliphatic rings. The third-order valence-electron chi connectivity index (χ3n) is 1.84. The molecule has 0 radical (unpaired) electrons. The van der Waals surface area contributed by atoms with Crippen molar-refractivity contribution >= 4 is 8.07 Å². The molecule has 0 unspecified atom stereocenters. The Labute approximate surface area is 90.4 Å². The fourth-order valence-corrected chi connectivity index (χ4v) is 1.94. The van der Waals surface area contributed by atoms with Gasteiger partial charge in [-0.2, -0.15) is 0 Å². The zero-order valence-corrected chi connectivity index (χ0v) is 10.9. The molecule has 0 aliphatic heterocycles. The normalized spacial score (nSPS) is 12.8. The zero-order chi connectivity index (χ0) is 10.9. The summed E-state index contributed by atoms with van der Waals surface area (Å²) in [5.41, 5.74) is 2.40. The van der Waals surface area contributed by atoms with Gasteiger partial charge in [0.05, 0.1) is 8.07 Å². The first-order chi connectivity index (χ1) is 6.56. The summed E-state index contributed by atoms with van der Waals surface area (Å²) in [5.74, 6) is 0. The maximum atomic E-state index is 3.70. The average Bonchev–Trinajstić information content (AvgIpc) is 2.08. The standard InChI is InChI=1S/C13H24Si/c1-5-6-7-8-9-10-11-12-13-14(2,3)4/h5,9-10,12-13H,1,6-8,11H2,2-4H3/b10-9+,13-12-. The predicted molar refractivity (Wildman–Crippen MR) is 70.3 cm³/mol. The van der Waals surface area contributed by atoms with Gasteiger partial charge >= 0.3 is 0 Å². The third kappa shape index (κ3) is 11.4. The molecule has 0 saturated carbocycles. The minimum atomic E-state index is -0.966. The maximum absolute atomic E-state index is 3.70. The van der Waals surface area contributed by atoms with Crippen molar-refractivity contribution in [3.63, 3.8) is 0 Å². The topological polar surface area (TPSA) is 0 Å². The molecule has 0 aromatic heterocycles. The monoisotopic (exact) mass is 208 g/mol. The molecule has 14 heavy (non-hydrogen) atoms. The van der Waals surface area contributed by atoms with Crippen molar-refractivity contribution < 1.29 is 0 Å². The molecule has 0 amide bonds. The minimum absolute atomic E-state index is 0.966. The number of allylic oxidation sites excluding steroid dienone is 4. The highest BCUT2D eigenvalue weighted by Gasteiger charge is 2.05.